The zero-order valence-electron chi connectivity index (χ0n) is 11.0. The number of aromatic nitrogens is 2. The van der Waals surface area contributed by atoms with Crippen molar-refractivity contribution in [3.63, 3.8) is 0 Å². The first kappa shape index (κ1) is 15.7. The molecule has 0 aliphatic heterocycles. The molecule has 1 aromatic rings. The van der Waals surface area contributed by atoms with Gasteiger partial charge < -0.3 is 10.0 Å². The summed E-state index contributed by atoms with van der Waals surface area (Å²) in [5.74, 6) is -1.67. The van der Waals surface area contributed by atoms with Gasteiger partial charge in [-0.2, -0.15) is 0 Å². The maximum absolute atomic E-state index is 12.3. The van der Waals surface area contributed by atoms with E-state index in [1.807, 2.05) is 0 Å². The Morgan fingerprint density at radius 3 is 2.53 bits per heavy atom. The molecule has 0 saturated carbocycles. The molecule has 0 atom stereocenters. The molecule has 19 heavy (non-hydrogen) atoms. The normalized spacial score (nSPS) is 11.2. The van der Waals surface area contributed by atoms with Gasteiger partial charge in [-0.1, -0.05) is 23.4 Å². The number of nitrogens with zero attached hydrogens (tertiary/aromatic N) is 3. The summed E-state index contributed by atoms with van der Waals surface area (Å²) in [5.41, 5.74) is -1.36. The number of amides is 1. The first-order valence-electron chi connectivity index (χ1n) is 5.30. The summed E-state index contributed by atoms with van der Waals surface area (Å²) in [4.78, 5) is 32.4. The molecule has 0 bridgehead atoms. The van der Waals surface area contributed by atoms with E-state index in [1.54, 1.807) is 6.26 Å². The summed E-state index contributed by atoms with van der Waals surface area (Å²) in [7, 11) is 1.40. The lowest BCUT2D eigenvalue weighted by Gasteiger charge is -2.31. The molecule has 0 saturated heterocycles. The molecule has 0 fully saturated rings. The number of carboxylic acids is 1. The highest BCUT2D eigenvalue weighted by Gasteiger charge is 2.36. The van der Waals surface area contributed by atoms with Crippen molar-refractivity contribution in [2.45, 2.75) is 24.5 Å². The third-order valence-corrected chi connectivity index (χ3v) is 3.61. The summed E-state index contributed by atoms with van der Waals surface area (Å²) in [6.07, 6.45) is 3.09. The number of thioether (sulfide) groups is 1. The molecule has 0 spiro atoms. The van der Waals surface area contributed by atoms with Gasteiger partial charge in [-0.3, -0.25) is 4.79 Å². The van der Waals surface area contributed by atoms with Crippen molar-refractivity contribution >= 4 is 35.2 Å². The Morgan fingerprint density at radius 2 is 2.05 bits per heavy atom. The highest BCUT2D eigenvalue weighted by Crippen LogP contribution is 2.21. The Bertz CT molecular complexity index is 522. The van der Waals surface area contributed by atoms with Crippen LogP contribution in [0.25, 0.3) is 0 Å². The number of carboxylic acid groups (broad SMARTS) is 1. The molecular formula is C11H14ClN3O3S. The second-order valence-corrected chi connectivity index (χ2v) is 5.46. The summed E-state index contributed by atoms with van der Waals surface area (Å²) in [6, 6.07) is 0. The van der Waals surface area contributed by atoms with Crippen molar-refractivity contribution in [3.05, 3.63) is 16.9 Å². The largest absolute Gasteiger partial charge is 0.480 e. The lowest BCUT2D eigenvalue weighted by molar-refractivity contribution is -0.147. The van der Waals surface area contributed by atoms with Gasteiger partial charge in [0.05, 0.1) is 11.2 Å². The summed E-state index contributed by atoms with van der Waals surface area (Å²) < 4.78 is 0. The van der Waals surface area contributed by atoms with Gasteiger partial charge in [0.2, 0.25) is 0 Å². The number of hydrogen-bond acceptors (Lipinski definition) is 5. The molecule has 1 aromatic heterocycles. The van der Waals surface area contributed by atoms with Crippen LogP contribution in [0.3, 0.4) is 0 Å². The van der Waals surface area contributed by atoms with Gasteiger partial charge in [-0.25, -0.2) is 14.8 Å². The van der Waals surface area contributed by atoms with E-state index >= 15 is 0 Å². The monoisotopic (exact) mass is 303 g/mol. The van der Waals surface area contributed by atoms with E-state index < -0.39 is 17.4 Å². The molecule has 0 aliphatic rings. The van der Waals surface area contributed by atoms with Crippen LogP contribution >= 0.6 is 23.4 Å². The summed E-state index contributed by atoms with van der Waals surface area (Å²) >= 11 is 7.16. The first-order chi connectivity index (χ1) is 8.71. The Labute approximate surface area is 120 Å². The van der Waals surface area contributed by atoms with E-state index in [1.165, 1.54) is 38.9 Å². The molecule has 0 aliphatic carbocycles. The Balaban J connectivity index is 3.17. The minimum Gasteiger partial charge on any atom is -0.480 e. The minimum absolute atomic E-state index is 0.00200. The fourth-order valence-electron chi connectivity index (χ4n) is 1.16. The van der Waals surface area contributed by atoms with Crippen LogP contribution in [0, 0.1) is 0 Å². The van der Waals surface area contributed by atoms with Crippen molar-refractivity contribution in [3.8, 4) is 0 Å². The highest BCUT2D eigenvalue weighted by molar-refractivity contribution is 7.98. The number of halogens is 1. The van der Waals surface area contributed by atoms with E-state index in [0.717, 1.165) is 4.90 Å². The van der Waals surface area contributed by atoms with Crippen molar-refractivity contribution in [1.29, 1.82) is 0 Å². The number of carbonyl (C=O) groups excluding carboxylic acids is 1. The van der Waals surface area contributed by atoms with Gasteiger partial charge in [0.1, 0.15) is 5.54 Å². The fraction of sp³-hybridized carbons (Fsp3) is 0.455. The smallest absolute Gasteiger partial charge is 0.329 e. The van der Waals surface area contributed by atoms with Crippen LogP contribution in [0.15, 0.2) is 11.4 Å². The molecular weight excluding hydrogens is 290 g/mol. The average Bonchev–Trinajstić information content (AvgIpc) is 2.37. The third-order valence-electron chi connectivity index (χ3n) is 2.77. The van der Waals surface area contributed by atoms with E-state index in [-0.39, 0.29) is 10.7 Å². The molecule has 1 rings (SSSR count). The van der Waals surface area contributed by atoms with Gasteiger partial charge in [0.15, 0.2) is 10.9 Å². The van der Waals surface area contributed by atoms with Gasteiger partial charge in [0, 0.05) is 7.05 Å². The van der Waals surface area contributed by atoms with Gasteiger partial charge >= 0.3 is 5.97 Å². The van der Waals surface area contributed by atoms with Gasteiger partial charge in [-0.15, -0.1) is 0 Å². The first-order valence-corrected chi connectivity index (χ1v) is 6.90. The molecule has 1 heterocycles. The lowest BCUT2D eigenvalue weighted by Crippen LogP contribution is -2.51. The van der Waals surface area contributed by atoms with E-state index in [2.05, 4.69) is 9.97 Å². The van der Waals surface area contributed by atoms with Gasteiger partial charge in [0.25, 0.3) is 5.91 Å². The van der Waals surface area contributed by atoms with Crippen molar-refractivity contribution in [1.82, 2.24) is 14.9 Å². The maximum atomic E-state index is 12.3. The second-order valence-electron chi connectivity index (χ2n) is 4.28. The Hall–Kier alpha value is -1.34. The van der Waals surface area contributed by atoms with Gasteiger partial charge in [-0.05, 0) is 20.1 Å². The van der Waals surface area contributed by atoms with E-state index in [9.17, 15) is 9.59 Å². The standard InChI is InChI=1S/C11H14ClN3O3S/c1-11(2,9(17)18)15(3)8(16)7-6(12)5-13-10(14-7)19-4/h5H,1-4H3,(H,17,18). The zero-order valence-corrected chi connectivity index (χ0v) is 12.5. The van der Waals surface area contributed by atoms with Crippen molar-refractivity contribution < 1.29 is 14.7 Å². The molecule has 0 radical (unpaired) electrons. The second kappa shape index (κ2) is 5.75. The molecule has 0 aromatic carbocycles. The van der Waals surface area contributed by atoms with Crippen LogP contribution in [0.5, 0.6) is 0 Å². The molecule has 104 valence electrons. The number of likely N-dealkylation sites (N-methyl/N-ethyl adjacent to an activating group) is 1. The molecule has 0 unspecified atom stereocenters. The van der Waals surface area contributed by atoms with Crippen LogP contribution < -0.4 is 0 Å². The van der Waals surface area contributed by atoms with Crippen LogP contribution in [0.2, 0.25) is 5.02 Å². The molecule has 8 heteroatoms. The number of rotatable bonds is 4. The summed E-state index contributed by atoms with van der Waals surface area (Å²) in [5, 5.41) is 9.60. The highest BCUT2D eigenvalue weighted by atomic mass is 35.5. The van der Waals surface area contributed by atoms with Crippen LogP contribution in [0.4, 0.5) is 0 Å². The fourth-order valence-corrected chi connectivity index (χ4v) is 1.67. The third kappa shape index (κ3) is 3.16. The molecule has 6 nitrogen and oxygen atoms in total. The predicted octanol–water partition coefficient (Wildman–Crippen LogP) is 1.79. The zero-order chi connectivity index (χ0) is 14.8. The number of hydrogen-bond donors (Lipinski definition) is 1. The summed E-state index contributed by atoms with van der Waals surface area (Å²) in [6.45, 7) is 2.86. The SMILES string of the molecule is CSc1ncc(Cl)c(C(=O)N(C)C(C)(C)C(=O)O)n1. The minimum atomic E-state index is -1.36. The lowest BCUT2D eigenvalue weighted by atomic mass is 10.0. The van der Waals surface area contributed by atoms with Crippen LogP contribution in [-0.4, -0.2) is 50.7 Å². The molecule has 1 amide bonds. The number of carbonyl (C=O) groups is 2. The van der Waals surface area contributed by atoms with E-state index in [4.69, 9.17) is 16.7 Å². The van der Waals surface area contributed by atoms with Crippen LogP contribution in [0.1, 0.15) is 24.3 Å². The predicted molar refractivity (Wildman–Crippen MR) is 72.6 cm³/mol. The maximum Gasteiger partial charge on any atom is 0.329 e. The van der Waals surface area contributed by atoms with Crippen molar-refractivity contribution in [2.75, 3.05) is 13.3 Å². The van der Waals surface area contributed by atoms with E-state index in [0.29, 0.717) is 5.16 Å². The molecule has 1 N–H and O–H groups in total. The average molecular weight is 304 g/mol. The topological polar surface area (TPSA) is 83.4 Å². The van der Waals surface area contributed by atoms with Crippen molar-refractivity contribution in [2.24, 2.45) is 0 Å². The Morgan fingerprint density at radius 1 is 1.47 bits per heavy atom. The number of aliphatic carboxylic acids is 1. The van der Waals surface area contributed by atoms with Crippen LogP contribution in [-0.2, 0) is 4.79 Å². The Kier molecular flexibility index (Phi) is 4.75. The quantitative estimate of drug-likeness (QED) is 0.674.